The summed E-state index contributed by atoms with van der Waals surface area (Å²) in [5.41, 5.74) is 0. The van der Waals surface area contributed by atoms with Crippen LogP contribution in [0.1, 0.15) is 51.9 Å². The molecule has 0 aromatic heterocycles. The van der Waals surface area contributed by atoms with Crippen LogP contribution in [0.4, 0.5) is 13.2 Å². The second-order valence-electron chi connectivity index (χ2n) is 7.53. The Bertz CT molecular complexity index is 429. The molecule has 0 spiro atoms. The first-order valence-electron chi connectivity index (χ1n) is 9.87. The van der Waals surface area contributed by atoms with Gasteiger partial charge < -0.3 is 15.7 Å². The number of aliphatic hydroxyl groups excluding tert-OH is 1. The zero-order chi connectivity index (χ0) is 19.0. The fraction of sp³-hybridized carbons (Fsp3) is 0.944. The maximum atomic E-state index is 12.4. The number of halogens is 3. The molecule has 5 nitrogen and oxygen atoms in total. The van der Waals surface area contributed by atoms with Gasteiger partial charge in [-0.15, -0.1) is 0 Å². The Hall–Kier alpha value is -1.02. The van der Waals surface area contributed by atoms with Gasteiger partial charge in [-0.05, 0) is 70.9 Å². The topological polar surface area (TPSA) is 59.9 Å². The molecule has 1 saturated heterocycles. The van der Waals surface area contributed by atoms with Crippen LogP contribution in [0.3, 0.4) is 0 Å². The molecule has 1 saturated carbocycles. The van der Waals surface area contributed by atoms with E-state index in [-0.39, 0.29) is 6.10 Å². The highest BCUT2D eigenvalue weighted by molar-refractivity contribution is 5.80. The molecule has 1 aliphatic carbocycles. The number of aliphatic imine (C=N–C) groups is 1. The molecule has 0 bridgehead atoms. The van der Waals surface area contributed by atoms with Gasteiger partial charge in [0.25, 0.3) is 0 Å². The first kappa shape index (κ1) is 21.3. The van der Waals surface area contributed by atoms with Crippen molar-refractivity contribution in [1.29, 1.82) is 0 Å². The number of nitrogens with zero attached hydrogens (tertiary/aromatic N) is 2. The third kappa shape index (κ3) is 8.12. The van der Waals surface area contributed by atoms with E-state index in [1.54, 1.807) is 0 Å². The lowest BCUT2D eigenvalue weighted by molar-refractivity contribution is -0.148. The van der Waals surface area contributed by atoms with Gasteiger partial charge in [-0.3, -0.25) is 9.89 Å². The van der Waals surface area contributed by atoms with Crippen molar-refractivity contribution in [2.24, 2.45) is 10.9 Å². The lowest BCUT2D eigenvalue weighted by Crippen LogP contribution is -2.45. The molecule has 8 heteroatoms. The molecule has 26 heavy (non-hydrogen) atoms. The Labute approximate surface area is 154 Å². The van der Waals surface area contributed by atoms with Gasteiger partial charge in [0, 0.05) is 19.1 Å². The number of hydrogen-bond acceptors (Lipinski definition) is 3. The summed E-state index contributed by atoms with van der Waals surface area (Å²) in [6.45, 7) is 3.76. The molecule has 152 valence electrons. The molecule has 0 unspecified atom stereocenters. The van der Waals surface area contributed by atoms with Crippen molar-refractivity contribution in [1.82, 2.24) is 15.5 Å². The number of likely N-dealkylation sites (tertiary alicyclic amines) is 1. The van der Waals surface area contributed by atoms with E-state index >= 15 is 0 Å². The lowest BCUT2D eigenvalue weighted by atomic mass is 9.93. The summed E-state index contributed by atoms with van der Waals surface area (Å²) >= 11 is 0. The van der Waals surface area contributed by atoms with E-state index in [1.807, 2.05) is 6.92 Å². The molecule has 0 aromatic rings. The van der Waals surface area contributed by atoms with Crippen LogP contribution in [-0.2, 0) is 0 Å². The van der Waals surface area contributed by atoms with Gasteiger partial charge in [0.05, 0.1) is 12.6 Å². The summed E-state index contributed by atoms with van der Waals surface area (Å²) in [6.07, 6.45) is 1.83. The monoisotopic (exact) mass is 378 g/mol. The third-order valence-corrected chi connectivity index (χ3v) is 5.30. The van der Waals surface area contributed by atoms with Crippen LogP contribution in [0, 0.1) is 5.92 Å². The van der Waals surface area contributed by atoms with E-state index in [2.05, 4.69) is 15.6 Å². The van der Waals surface area contributed by atoms with Crippen molar-refractivity contribution in [3.8, 4) is 0 Å². The van der Waals surface area contributed by atoms with Crippen molar-refractivity contribution in [2.45, 2.75) is 70.2 Å². The first-order chi connectivity index (χ1) is 12.4. The molecule has 0 radical (unpaired) electrons. The SMILES string of the molecule is CCNC(=NCCC1CCN(CC(F)(F)F)CC1)NC1CCC(O)CC1. The van der Waals surface area contributed by atoms with Crippen LogP contribution in [0.25, 0.3) is 0 Å². The molecule has 3 N–H and O–H groups in total. The molecular weight excluding hydrogens is 345 g/mol. The van der Waals surface area contributed by atoms with E-state index < -0.39 is 12.7 Å². The van der Waals surface area contributed by atoms with Gasteiger partial charge >= 0.3 is 6.18 Å². The van der Waals surface area contributed by atoms with Crippen LogP contribution in [0.15, 0.2) is 4.99 Å². The average molecular weight is 378 g/mol. The van der Waals surface area contributed by atoms with Crippen LogP contribution < -0.4 is 10.6 Å². The van der Waals surface area contributed by atoms with E-state index in [0.29, 0.717) is 31.6 Å². The highest BCUT2D eigenvalue weighted by atomic mass is 19.4. The van der Waals surface area contributed by atoms with Crippen LogP contribution in [0.5, 0.6) is 0 Å². The average Bonchev–Trinajstić information content (AvgIpc) is 2.57. The first-order valence-corrected chi connectivity index (χ1v) is 9.87. The molecule has 0 amide bonds. The summed E-state index contributed by atoms with van der Waals surface area (Å²) < 4.78 is 37.3. The Morgan fingerprint density at radius 1 is 1.12 bits per heavy atom. The number of aliphatic hydroxyl groups is 1. The maximum absolute atomic E-state index is 12.4. The molecule has 2 rings (SSSR count). The fourth-order valence-electron chi connectivity index (χ4n) is 3.78. The van der Waals surface area contributed by atoms with Gasteiger partial charge in [0.1, 0.15) is 0 Å². The summed E-state index contributed by atoms with van der Waals surface area (Å²) in [6, 6.07) is 0.349. The summed E-state index contributed by atoms with van der Waals surface area (Å²) in [7, 11) is 0. The standard InChI is InChI=1S/C18H33F3N4O/c1-2-22-17(24-15-3-5-16(26)6-4-15)23-10-7-14-8-11-25(12-9-14)13-18(19,20)21/h14-16,26H,2-13H2,1H3,(H2,22,23,24). The second kappa shape index (κ2) is 10.3. The number of nitrogens with one attached hydrogen (secondary N) is 2. The zero-order valence-electron chi connectivity index (χ0n) is 15.7. The van der Waals surface area contributed by atoms with Gasteiger partial charge in [0.15, 0.2) is 5.96 Å². The Morgan fingerprint density at radius 3 is 2.35 bits per heavy atom. The molecule has 2 aliphatic rings. The minimum absolute atomic E-state index is 0.171. The van der Waals surface area contributed by atoms with E-state index in [9.17, 15) is 18.3 Å². The van der Waals surface area contributed by atoms with Crippen molar-refractivity contribution < 1.29 is 18.3 Å². The Balaban J connectivity index is 1.69. The third-order valence-electron chi connectivity index (χ3n) is 5.30. The molecule has 1 aliphatic heterocycles. The fourth-order valence-corrected chi connectivity index (χ4v) is 3.78. The molecule has 1 heterocycles. The van der Waals surface area contributed by atoms with Gasteiger partial charge in [-0.25, -0.2) is 0 Å². The van der Waals surface area contributed by atoms with Crippen LogP contribution in [-0.4, -0.2) is 67.0 Å². The number of guanidine groups is 1. The normalized spacial score (nSPS) is 26.7. The van der Waals surface area contributed by atoms with Gasteiger partial charge in [-0.1, -0.05) is 0 Å². The van der Waals surface area contributed by atoms with Crippen molar-refractivity contribution in [2.75, 3.05) is 32.7 Å². The Morgan fingerprint density at radius 2 is 1.77 bits per heavy atom. The van der Waals surface area contributed by atoms with Crippen LogP contribution >= 0.6 is 0 Å². The van der Waals surface area contributed by atoms with Crippen molar-refractivity contribution >= 4 is 5.96 Å². The zero-order valence-corrected chi connectivity index (χ0v) is 15.7. The lowest BCUT2D eigenvalue weighted by Gasteiger charge is -2.32. The summed E-state index contributed by atoms with van der Waals surface area (Å²) in [5, 5.41) is 16.3. The second-order valence-corrected chi connectivity index (χ2v) is 7.53. The molecule has 2 fully saturated rings. The molecule has 0 aromatic carbocycles. The number of alkyl halides is 3. The quantitative estimate of drug-likeness (QED) is 0.491. The predicted octanol–water partition coefficient (Wildman–Crippen LogP) is 2.51. The van der Waals surface area contributed by atoms with E-state index in [0.717, 1.165) is 57.5 Å². The van der Waals surface area contributed by atoms with Crippen molar-refractivity contribution in [3.05, 3.63) is 0 Å². The minimum Gasteiger partial charge on any atom is -0.393 e. The highest BCUT2D eigenvalue weighted by Crippen LogP contribution is 2.24. The molecule has 0 atom stereocenters. The van der Waals surface area contributed by atoms with Crippen molar-refractivity contribution in [3.63, 3.8) is 0 Å². The van der Waals surface area contributed by atoms with Crippen LogP contribution in [0.2, 0.25) is 0 Å². The maximum Gasteiger partial charge on any atom is 0.401 e. The largest absolute Gasteiger partial charge is 0.401 e. The predicted molar refractivity (Wildman–Crippen MR) is 97.2 cm³/mol. The Kier molecular flexibility index (Phi) is 8.47. The summed E-state index contributed by atoms with van der Waals surface area (Å²) in [5.74, 6) is 1.26. The summed E-state index contributed by atoms with van der Waals surface area (Å²) in [4.78, 5) is 6.14. The van der Waals surface area contributed by atoms with E-state index in [1.165, 1.54) is 4.90 Å². The highest BCUT2D eigenvalue weighted by Gasteiger charge is 2.32. The molecular formula is C18H33F3N4O. The van der Waals surface area contributed by atoms with E-state index in [4.69, 9.17) is 0 Å². The van der Waals surface area contributed by atoms with Gasteiger partial charge in [-0.2, -0.15) is 13.2 Å². The van der Waals surface area contributed by atoms with Gasteiger partial charge in [0.2, 0.25) is 0 Å². The number of piperidine rings is 1. The minimum atomic E-state index is -4.10. The smallest absolute Gasteiger partial charge is 0.393 e. The number of rotatable bonds is 6. The number of hydrogen-bond donors (Lipinski definition) is 3.